The number of likely N-dealkylation sites (tertiary alicyclic amines) is 1. The lowest BCUT2D eigenvalue weighted by molar-refractivity contribution is 0.0272. The van der Waals surface area contributed by atoms with E-state index >= 15 is 0 Å². The van der Waals surface area contributed by atoms with Gasteiger partial charge >= 0.3 is 0 Å². The Bertz CT molecular complexity index is 1320. The van der Waals surface area contributed by atoms with Gasteiger partial charge in [-0.05, 0) is 68.0 Å². The number of aliphatic hydroxyl groups is 2. The lowest BCUT2D eigenvalue weighted by atomic mass is 9.74. The van der Waals surface area contributed by atoms with Gasteiger partial charge in [0.05, 0.1) is 30.8 Å². The first-order valence-corrected chi connectivity index (χ1v) is 12.5. The summed E-state index contributed by atoms with van der Waals surface area (Å²) in [5.41, 5.74) is 0.548. The summed E-state index contributed by atoms with van der Waals surface area (Å²) >= 11 is 0. The molecule has 1 fully saturated rings. The van der Waals surface area contributed by atoms with Crippen molar-refractivity contribution in [2.75, 3.05) is 33.4 Å². The zero-order chi connectivity index (χ0) is 27.3. The molecule has 0 unspecified atom stereocenters. The SMILES string of the molecule is COc1ccc2ncc(CF)c([C@@H](O)CCC3(CO)CCN(CC#Cc4c(F)cc(F)cc4F)CC3)c2c1. The maximum absolute atomic E-state index is 13.8. The number of benzene rings is 2. The Morgan fingerprint density at radius 1 is 1.13 bits per heavy atom. The number of hydrogen-bond acceptors (Lipinski definition) is 5. The van der Waals surface area contributed by atoms with Crippen molar-refractivity contribution in [1.29, 1.82) is 0 Å². The van der Waals surface area contributed by atoms with E-state index in [9.17, 15) is 27.8 Å². The zero-order valence-electron chi connectivity index (χ0n) is 21.1. The third kappa shape index (κ3) is 6.09. The number of methoxy groups -OCH3 is 1. The summed E-state index contributed by atoms with van der Waals surface area (Å²) in [5.74, 6) is 2.70. The lowest BCUT2D eigenvalue weighted by Gasteiger charge is -2.40. The molecule has 4 rings (SSSR count). The van der Waals surface area contributed by atoms with Crippen LogP contribution >= 0.6 is 0 Å². The number of ether oxygens (including phenoxy) is 1. The Labute approximate surface area is 219 Å². The average Bonchev–Trinajstić information content (AvgIpc) is 2.92. The van der Waals surface area contributed by atoms with Crippen molar-refractivity contribution in [2.45, 2.75) is 38.5 Å². The van der Waals surface area contributed by atoms with Crippen LogP contribution in [0.1, 0.15) is 48.5 Å². The standard InChI is InChI=1S/C29H30F4N2O3/c1-38-21-4-5-26-23(15-21)28(19(16-30)17-34-26)27(37)6-7-29(18-36)8-11-35(12-9-29)10-2-3-22-24(32)13-20(31)14-25(22)33/h4-5,13-15,17,27,36-37H,6-12,16,18H2,1H3/t27-/m0/s1. The molecular formula is C29H30F4N2O3. The molecule has 0 aliphatic carbocycles. The fourth-order valence-corrected chi connectivity index (χ4v) is 5.02. The van der Waals surface area contributed by atoms with Gasteiger partial charge in [-0.1, -0.05) is 11.8 Å². The minimum absolute atomic E-state index is 0.0634. The molecule has 202 valence electrons. The molecule has 9 heteroatoms. The van der Waals surface area contributed by atoms with E-state index in [2.05, 4.69) is 16.8 Å². The van der Waals surface area contributed by atoms with Crippen LogP contribution in [-0.4, -0.2) is 53.4 Å². The van der Waals surface area contributed by atoms with E-state index in [-0.39, 0.29) is 13.2 Å². The molecule has 2 aromatic carbocycles. The lowest BCUT2D eigenvalue weighted by Crippen LogP contribution is -2.42. The molecule has 0 saturated carbocycles. The molecule has 38 heavy (non-hydrogen) atoms. The van der Waals surface area contributed by atoms with E-state index in [0.29, 0.717) is 78.7 Å². The maximum atomic E-state index is 13.8. The van der Waals surface area contributed by atoms with Gasteiger partial charge in [0.25, 0.3) is 0 Å². The van der Waals surface area contributed by atoms with Crippen LogP contribution in [0, 0.1) is 34.7 Å². The Balaban J connectivity index is 1.40. The highest BCUT2D eigenvalue weighted by Gasteiger charge is 2.34. The summed E-state index contributed by atoms with van der Waals surface area (Å²) in [4.78, 5) is 6.31. The molecule has 1 aliphatic rings. The van der Waals surface area contributed by atoms with Gasteiger partial charge in [-0.25, -0.2) is 17.6 Å². The number of nitrogens with zero attached hydrogens (tertiary/aromatic N) is 2. The van der Waals surface area contributed by atoms with Crippen molar-refractivity contribution in [1.82, 2.24) is 9.88 Å². The predicted octanol–water partition coefficient (Wildman–Crippen LogP) is 5.07. The Morgan fingerprint density at radius 2 is 1.84 bits per heavy atom. The van der Waals surface area contributed by atoms with Crippen molar-refractivity contribution in [3.8, 4) is 17.6 Å². The molecule has 0 spiro atoms. The number of rotatable bonds is 8. The van der Waals surface area contributed by atoms with Crippen molar-refractivity contribution >= 4 is 10.9 Å². The van der Waals surface area contributed by atoms with Crippen LogP contribution < -0.4 is 4.74 Å². The quantitative estimate of drug-likeness (QED) is 0.315. The fourth-order valence-electron chi connectivity index (χ4n) is 5.02. The molecule has 1 aliphatic heterocycles. The van der Waals surface area contributed by atoms with Gasteiger partial charge in [0.1, 0.15) is 29.9 Å². The molecule has 1 saturated heterocycles. The van der Waals surface area contributed by atoms with Gasteiger partial charge in [-0.15, -0.1) is 0 Å². The van der Waals surface area contributed by atoms with Crippen molar-refractivity contribution in [2.24, 2.45) is 5.41 Å². The van der Waals surface area contributed by atoms with Crippen LogP contribution in [-0.2, 0) is 6.67 Å². The summed E-state index contributed by atoms with van der Waals surface area (Å²) in [6.45, 7) is 0.645. The molecule has 1 atom stereocenters. The van der Waals surface area contributed by atoms with Crippen LogP contribution in [0.2, 0.25) is 0 Å². The van der Waals surface area contributed by atoms with Crippen LogP contribution in [0.4, 0.5) is 17.6 Å². The summed E-state index contributed by atoms with van der Waals surface area (Å²) in [6, 6.07) is 6.45. The normalized spacial score (nSPS) is 16.2. The number of hydrogen-bond donors (Lipinski definition) is 2. The third-order valence-electron chi connectivity index (χ3n) is 7.40. The van der Waals surface area contributed by atoms with Gasteiger partial charge in [-0.3, -0.25) is 9.88 Å². The van der Waals surface area contributed by atoms with E-state index in [1.54, 1.807) is 18.2 Å². The van der Waals surface area contributed by atoms with E-state index < -0.39 is 41.2 Å². The van der Waals surface area contributed by atoms with Crippen molar-refractivity contribution in [3.63, 3.8) is 0 Å². The van der Waals surface area contributed by atoms with Gasteiger partial charge in [0.15, 0.2) is 0 Å². The summed E-state index contributed by atoms with van der Waals surface area (Å²) in [7, 11) is 1.53. The number of pyridine rings is 1. The summed E-state index contributed by atoms with van der Waals surface area (Å²) in [5, 5.41) is 22.0. The van der Waals surface area contributed by atoms with Crippen molar-refractivity contribution < 1.29 is 32.5 Å². The van der Waals surface area contributed by atoms with Gasteiger partial charge < -0.3 is 14.9 Å². The zero-order valence-corrected chi connectivity index (χ0v) is 21.1. The summed E-state index contributed by atoms with van der Waals surface area (Å²) in [6.07, 6.45) is 2.61. The number of aliphatic hydroxyl groups excluding tert-OH is 2. The highest BCUT2D eigenvalue weighted by Crippen LogP contribution is 2.39. The molecule has 0 radical (unpaired) electrons. The summed E-state index contributed by atoms with van der Waals surface area (Å²) < 4.78 is 59.8. The van der Waals surface area contributed by atoms with E-state index in [1.807, 2.05) is 4.90 Å². The molecule has 0 bridgehead atoms. The van der Waals surface area contributed by atoms with E-state index in [4.69, 9.17) is 4.74 Å². The van der Waals surface area contributed by atoms with Crippen LogP contribution in [0.3, 0.4) is 0 Å². The highest BCUT2D eigenvalue weighted by atomic mass is 19.1. The minimum atomic E-state index is -1.04. The van der Waals surface area contributed by atoms with Crippen molar-refractivity contribution in [3.05, 3.63) is 70.7 Å². The topological polar surface area (TPSA) is 65.8 Å². The molecule has 5 nitrogen and oxygen atoms in total. The van der Waals surface area contributed by atoms with E-state index in [0.717, 1.165) is 0 Å². The van der Waals surface area contributed by atoms with Crippen LogP contribution in [0.25, 0.3) is 10.9 Å². The Morgan fingerprint density at radius 3 is 2.47 bits per heavy atom. The second-order valence-corrected chi connectivity index (χ2v) is 9.75. The van der Waals surface area contributed by atoms with Crippen LogP contribution in [0.5, 0.6) is 5.75 Å². The number of alkyl halides is 1. The minimum Gasteiger partial charge on any atom is -0.497 e. The average molecular weight is 531 g/mol. The Kier molecular flexibility index (Phi) is 8.87. The fraction of sp³-hybridized carbons (Fsp3) is 0.414. The number of fused-ring (bicyclic) bond motifs is 1. The van der Waals surface area contributed by atoms with Gasteiger partial charge in [0, 0.05) is 35.9 Å². The van der Waals surface area contributed by atoms with E-state index in [1.165, 1.54) is 13.3 Å². The second-order valence-electron chi connectivity index (χ2n) is 9.75. The Hall–Kier alpha value is -3.19. The predicted molar refractivity (Wildman–Crippen MR) is 136 cm³/mol. The number of aromatic nitrogens is 1. The molecule has 3 aromatic rings. The monoisotopic (exact) mass is 530 g/mol. The molecule has 2 N–H and O–H groups in total. The largest absolute Gasteiger partial charge is 0.497 e. The molecule has 0 amide bonds. The molecule has 2 heterocycles. The molecular weight excluding hydrogens is 500 g/mol. The number of piperidine rings is 1. The first kappa shape index (κ1) is 27.8. The third-order valence-corrected chi connectivity index (χ3v) is 7.40. The maximum Gasteiger partial charge on any atom is 0.144 e. The second kappa shape index (κ2) is 12.1. The van der Waals surface area contributed by atoms with Crippen LogP contribution in [0.15, 0.2) is 36.5 Å². The van der Waals surface area contributed by atoms with Gasteiger partial charge in [-0.2, -0.15) is 0 Å². The first-order chi connectivity index (χ1) is 18.3. The smallest absolute Gasteiger partial charge is 0.144 e. The first-order valence-electron chi connectivity index (χ1n) is 12.5. The highest BCUT2D eigenvalue weighted by molar-refractivity contribution is 5.85. The number of halogens is 4. The van der Waals surface area contributed by atoms with Gasteiger partial charge in [0.2, 0.25) is 0 Å². The molecule has 1 aromatic heterocycles.